The minimum absolute atomic E-state index is 0.00295. The van der Waals surface area contributed by atoms with Crippen LogP contribution in [0.2, 0.25) is 0 Å². The van der Waals surface area contributed by atoms with Gasteiger partial charge < -0.3 is 14.5 Å². The van der Waals surface area contributed by atoms with E-state index in [-0.39, 0.29) is 29.8 Å². The number of hydrogen-bond acceptors (Lipinski definition) is 5. The van der Waals surface area contributed by atoms with Crippen LogP contribution in [-0.4, -0.2) is 38.7 Å². The van der Waals surface area contributed by atoms with Crippen molar-refractivity contribution in [1.82, 2.24) is 19.7 Å². The van der Waals surface area contributed by atoms with Crippen molar-refractivity contribution in [2.45, 2.75) is 56.9 Å². The van der Waals surface area contributed by atoms with Crippen LogP contribution in [0.1, 0.15) is 71.9 Å². The van der Waals surface area contributed by atoms with Gasteiger partial charge in [0.2, 0.25) is 5.91 Å². The standard InChI is InChI=1S/C24H24F2N4O3/c25-24(26)18-3-1-2-17(28-18)20(31)10-15-12-30-13-19(14-4-5-14)29-22(30)11-21(15)33-9-8-16-6-7-23(32)27-16/h1-3,11-14,16,24H,4-10H2,(H,27,32)/t16-/m0/s1. The summed E-state index contributed by atoms with van der Waals surface area (Å²) in [4.78, 5) is 32.8. The highest BCUT2D eigenvalue weighted by atomic mass is 19.3. The summed E-state index contributed by atoms with van der Waals surface area (Å²) >= 11 is 0. The van der Waals surface area contributed by atoms with E-state index in [4.69, 9.17) is 4.74 Å². The molecule has 3 aromatic heterocycles. The molecule has 0 unspecified atom stereocenters. The smallest absolute Gasteiger partial charge is 0.280 e. The molecule has 1 aliphatic heterocycles. The molecular weight excluding hydrogens is 430 g/mol. The predicted molar refractivity (Wildman–Crippen MR) is 116 cm³/mol. The van der Waals surface area contributed by atoms with E-state index in [9.17, 15) is 18.4 Å². The number of alkyl halides is 2. The molecule has 3 aromatic rings. The minimum Gasteiger partial charge on any atom is -0.493 e. The van der Waals surface area contributed by atoms with Crippen LogP contribution in [-0.2, 0) is 11.2 Å². The first-order valence-electron chi connectivity index (χ1n) is 11.2. The molecule has 33 heavy (non-hydrogen) atoms. The number of aromatic nitrogens is 3. The third-order valence-electron chi connectivity index (χ3n) is 6.09. The second kappa shape index (κ2) is 8.88. The normalized spacial score (nSPS) is 18.2. The first-order chi connectivity index (χ1) is 16.0. The number of rotatable bonds is 9. The van der Waals surface area contributed by atoms with Gasteiger partial charge in [-0.1, -0.05) is 6.07 Å². The van der Waals surface area contributed by atoms with Crippen molar-refractivity contribution in [3.05, 3.63) is 59.3 Å². The first kappa shape index (κ1) is 21.5. The lowest BCUT2D eigenvalue weighted by molar-refractivity contribution is -0.119. The Morgan fingerprint density at radius 2 is 2.06 bits per heavy atom. The van der Waals surface area contributed by atoms with Crippen LogP contribution in [0, 0.1) is 0 Å². The summed E-state index contributed by atoms with van der Waals surface area (Å²) in [5.41, 5.74) is 1.96. The van der Waals surface area contributed by atoms with Gasteiger partial charge >= 0.3 is 0 Å². The fourth-order valence-corrected chi connectivity index (χ4v) is 4.12. The molecule has 1 saturated heterocycles. The summed E-state index contributed by atoms with van der Waals surface area (Å²) in [5, 5.41) is 2.92. The summed E-state index contributed by atoms with van der Waals surface area (Å²) in [6, 6.07) is 5.95. The Bertz CT molecular complexity index is 1210. The van der Waals surface area contributed by atoms with Crippen LogP contribution in [0.25, 0.3) is 5.65 Å². The number of ether oxygens (including phenoxy) is 1. The van der Waals surface area contributed by atoms with Crippen LogP contribution in [0.3, 0.4) is 0 Å². The molecule has 0 bridgehead atoms. The van der Waals surface area contributed by atoms with E-state index in [2.05, 4.69) is 15.3 Å². The Morgan fingerprint density at radius 3 is 2.79 bits per heavy atom. The van der Waals surface area contributed by atoms with E-state index in [1.807, 2.05) is 22.9 Å². The summed E-state index contributed by atoms with van der Waals surface area (Å²) in [6.07, 6.45) is 5.21. The minimum atomic E-state index is -2.74. The van der Waals surface area contributed by atoms with Crippen molar-refractivity contribution in [2.75, 3.05) is 6.61 Å². The quantitative estimate of drug-likeness (QED) is 0.494. The number of ketones is 1. The molecule has 7 nitrogen and oxygen atoms in total. The molecule has 5 rings (SSSR count). The Kier molecular flexibility index (Phi) is 5.78. The van der Waals surface area contributed by atoms with E-state index >= 15 is 0 Å². The van der Waals surface area contributed by atoms with E-state index in [1.54, 1.807) is 0 Å². The maximum absolute atomic E-state index is 13.0. The molecule has 2 fully saturated rings. The van der Waals surface area contributed by atoms with Crippen molar-refractivity contribution in [3.8, 4) is 5.75 Å². The van der Waals surface area contributed by atoms with Gasteiger partial charge in [-0.2, -0.15) is 0 Å². The predicted octanol–water partition coefficient (Wildman–Crippen LogP) is 4.02. The largest absolute Gasteiger partial charge is 0.493 e. The second-order valence-corrected chi connectivity index (χ2v) is 8.66. The number of nitrogens with one attached hydrogen (secondary N) is 1. The molecule has 1 saturated carbocycles. The number of Topliss-reactive ketones (excluding diaryl/α,β-unsaturated/α-hetero) is 1. The highest BCUT2D eigenvalue weighted by Gasteiger charge is 2.27. The lowest BCUT2D eigenvalue weighted by Gasteiger charge is -2.14. The van der Waals surface area contributed by atoms with Gasteiger partial charge in [-0.25, -0.2) is 18.7 Å². The zero-order valence-electron chi connectivity index (χ0n) is 18.0. The van der Waals surface area contributed by atoms with Gasteiger partial charge in [0.15, 0.2) is 5.78 Å². The van der Waals surface area contributed by atoms with E-state index in [0.717, 1.165) is 30.6 Å². The Labute approximate surface area is 189 Å². The number of carbonyl (C=O) groups excluding carboxylic acids is 2. The first-order valence-corrected chi connectivity index (χ1v) is 11.2. The number of carbonyl (C=O) groups is 2. The van der Waals surface area contributed by atoms with Gasteiger partial charge in [0, 0.05) is 55.2 Å². The van der Waals surface area contributed by atoms with Crippen LogP contribution in [0.5, 0.6) is 5.75 Å². The molecule has 9 heteroatoms. The summed E-state index contributed by atoms with van der Waals surface area (Å²) in [5.74, 6) is 0.688. The Balaban J connectivity index is 1.38. The maximum Gasteiger partial charge on any atom is 0.280 e. The van der Waals surface area contributed by atoms with Gasteiger partial charge in [-0.3, -0.25) is 9.59 Å². The third-order valence-corrected chi connectivity index (χ3v) is 6.09. The molecule has 0 aromatic carbocycles. The lowest BCUT2D eigenvalue weighted by atomic mass is 10.1. The Morgan fingerprint density at radius 1 is 1.21 bits per heavy atom. The van der Waals surface area contributed by atoms with Crippen LogP contribution < -0.4 is 10.1 Å². The van der Waals surface area contributed by atoms with Crippen molar-refractivity contribution in [2.24, 2.45) is 0 Å². The molecular formula is C24H24F2N4O3. The molecule has 0 radical (unpaired) electrons. The maximum atomic E-state index is 13.0. The van der Waals surface area contributed by atoms with Gasteiger partial charge in [0.05, 0.1) is 12.3 Å². The molecule has 1 atom stereocenters. The number of halogens is 2. The zero-order chi connectivity index (χ0) is 22.9. The van der Waals surface area contributed by atoms with Gasteiger partial charge in [0.25, 0.3) is 6.43 Å². The van der Waals surface area contributed by atoms with Gasteiger partial charge in [-0.05, 0) is 31.4 Å². The number of amides is 1. The van der Waals surface area contributed by atoms with Crippen molar-refractivity contribution >= 4 is 17.3 Å². The molecule has 1 amide bonds. The van der Waals surface area contributed by atoms with Crippen LogP contribution in [0.4, 0.5) is 8.78 Å². The molecule has 2 aliphatic rings. The number of nitrogens with zero attached hydrogens (tertiary/aromatic N) is 3. The third kappa shape index (κ3) is 4.86. The van der Waals surface area contributed by atoms with Gasteiger partial charge in [-0.15, -0.1) is 0 Å². The van der Waals surface area contributed by atoms with Crippen molar-refractivity contribution in [3.63, 3.8) is 0 Å². The highest BCUT2D eigenvalue weighted by Crippen LogP contribution is 2.39. The van der Waals surface area contributed by atoms with Crippen LogP contribution in [0.15, 0.2) is 36.7 Å². The summed E-state index contributed by atoms with van der Waals surface area (Å²) < 4.78 is 33.9. The highest BCUT2D eigenvalue weighted by molar-refractivity contribution is 5.96. The SMILES string of the molecule is O=C1CC[C@@H](CCOc2cc3nc(C4CC4)cn3cc2CC(=O)c2cccc(C(F)F)n2)N1. The van der Waals surface area contributed by atoms with E-state index in [1.165, 1.54) is 18.2 Å². The van der Waals surface area contributed by atoms with Gasteiger partial charge in [0.1, 0.15) is 22.8 Å². The Hall–Kier alpha value is -3.36. The molecule has 1 aliphatic carbocycles. The van der Waals surface area contributed by atoms with E-state index < -0.39 is 12.1 Å². The number of hydrogen-bond donors (Lipinski definition) is 1. The molecule has 172 valence electrons. The monoisotopic (exact) mass is 454 g/mol. The number of pyridine rings is 2. The number of imidazole rings is 1. The summed E-state index contributed by atoms with van der Waals surface area (Å²) in [7, 11) is 0. The van der Waals surface area contributed by atoms with Crippen molar-refractivity contribution < 1.29 is 23.1 Å². The van der Waals surface area contributed by atoms with Crippen LogP contribution >= 0.6 is 0 Å². The molecule has 4 heterocycles. The fourth-order valence-electron chi connectivity index (χ4n) is 4.12. The zero-order valence-corrected chi connectivity index (χ0v) is 18.0. The average Bonchev–Trinajstić information content (AvgIpc) is 3.45. The molecule has 0 spiro atoms. The lowest BCUT2D eigenvalue weighted by Crippen LogP contribution is -2.27. The summed E-state index contributed by atoms with van der Waals surface area (Å²) in [6.45, 7) is 0.373. The number of fused-ring (bicyclic) bond motifs is 1. The molecule has 1 N–H and O–H groups in total. The second-order valence-electron chi connectivity index (χ2n) is 8.66. The van der Waals surface area contributed by atoms with Crippen molar-refractivity contribution in [1.29, 1.82) is 0 Å². The topological polar surface area (TPSA) is 85.6 Å². The average molecular weight is 454 g/mol. The fraction of sp³-hybridized carbons (Fsp3) is 0.417. The van der Waals surface area contributed by atoms with E-state index in [0.29, 0.717) is 36.7 Å².